The van der Waals surface area contributed by atoms with E-state index in [1.165, 1.54) is 23.5 Å². The molecule has 4 rings (SSSR count). The Hall–Kier alpha value is -3.20. The van der Waals surface area contributed by atoms with Crippen LogP contribution in [0, 0.1) is 0 Å². The summed E-state index contributed by atoms with van der Waals surface area (Å²) in [6.45, 7) is 4.01. The zero-order valence-electron chi connectivity index (χ0n) is 19.3. The Labute approximate surface area is 205 Å². The molecule has 3 aromatic rings. The number of aryl methyl sites for hydroxylation is 2. The van der Waals surface area contributed by atoms with Gasteiger partial charge in [-0.1, -0.05) is 43.3 Å². The minimum absolute atomic E-state index is 0.107. The maximum atomic E-state index is 12.9. The van der Waals surface area contributed by atoms with Crippen LogP contribution in [-0.4, -0.2) is 27.0 Å². The molecule has 1 unspecified atom stereocenters. The first-order valence-electron chi connectivity index (χ1n) is 11.3. The molecule has 35 heavy (non-hydrogen) atoms. The highest BCUT2D eigenvalue weighted by molar-refractivity contribution is 7.15. The van der Waals surface area contributed by atoms with Gasteiger partial charge in [0, 0.05) is 10.4 Å². The minimum atomic E-state index is -4.39. The van der Waals surface area contributed by atoms with Crippen LogP contribution in [0.25, 0.3) is 10.6 Å². The first-order chi connectivity index (χ1) is 16.6. The Morgan fingerprint density at radius 2 is 1.91 bits per heavy atom. The highest BCUT2D eigenvalue weighted by Gasteiger charge is 2.30. The molecular weight excluding hydrogens is 477 g/mol. The number of carbonyl (C=O) groups is 1. The lowest BCUT2D eigenvalue weighted by Crippen LogP contribution is -2.10. The van der Waals surface area contributed by atoms with Crippen LogP contribution >= 0.6 is 11.3 Å². The van der Waals surface area contributed by atoms with Crippen LogP contribution < -0.4 is 0 Å². The molecule has 0 radical (unpaired) electrons. The van der Waals surface area contributed by atoms with Crippen LogP contribution in [0.15, 0.2) is 47.6 Å². The second kappa shape index (κ2) is 9.81. The average Bonchev–Trinajstić information content (AvgIpc) is 3.43. The Kier molecular flexibility index (Phi) is 6.98. The molecule has 2 aromatic carbocycles. The second-order valence-corrected chi connectivity index (χ2v) is 10.0. The van der Waals surface area contributed by atoms with Crippen LogP contribution in [0.5, 0.6) is 0 Å². The molecule has 1 aliphatic carbocycles. The number of fused-ring (bicyclic) bond motifs is 1. The molecule has 9 heteroatoms. The third kappa shape index (κ3) is 5.24. The van der Waals surface area contributed by atoms with E-state index in [1.54, 1.807) is 6.07 Å². The number of thiazole rings is 1. The Balaban J connectivity index is 1.56. The number of oxime groups is 1. The van der Waals surface area contributed by atoms with Crippen molar-refractivity contribution in [2.24, 2.45) is 5.16 Å². The molecule has 0 saturated heterocycles. The third-order valence-electron chi connectivity index (χ3n) is 6.30. The predicted octanol–water partition coefficient (Wildman–Crippen LogP) is 6.88. The topological polar surface area (TPSA) is 82.8 Å². The molecule has 1 atom stereocenters. The van der Waals surface area contributed by atoms with Gasteiger partial charge in [-0.15, -0.1) is 11.3 Å². The van der Waals surface area contributed by atoms with Crippen molar-refractivity contribution in [3.8, 4) is 10.6 Å². The molecule has 0 bridgehead atoms. The van der Waals surface area contributed by atoms with Crippen molar-refractivity contribution in [3.63, 3.8) is 0 Å². The molecule has 0 spiro atoms. The first-order valence-corrected chi connectivity index (χ1v) is 12.1. The van der Waals surface area contributed by atoms with Crippen LogP contribution in [0.2, 0.25) is 0 Å². The second-order valence-electron chi connectivity index (χ2n) is 8.95. The molecule has 184 valence electrons. The number of aliphatic carboxylic acids is 1. The zero-order chi connectivity index (χ0) is 25.3. The lowest BCUT2D eigenvalue weighted by molar-refractivity contribution is -0.139. The van der Waals surface area contributed by atoms with Crippen LogP contribution in [-0.2, 0) is 23.8 Å². The lowest BCUT2D eigenvalue weighted by atomic mass is 9.96. The number of aromatic nitrogens is 1. The fraction of sp³-hybridized carbons (Fsp3) is 0.346. The van der Waals surface area contributed by atoms with E-state index < -0.39 is 23.6 Å². The van der Waals surface area contributed by atoms with E-state index in [4.69, 9.17) is 4.98 Å². The van der Waals surface area contributed by atoms with Gasteiger partial charge in [0.05, 0.1) is 22.9 Å². The zero-order valence-corrected chi connectivity index (χ0v) is 20.1. The van der Waals surface area contributed by atoms with Crippen molar-refractivity contribution in [1.82, 2.24) is 4.98 Å². The van der Waals surface area contributed by atoms with Crippen molar-refractivity contribution >= 4 is 23.0 Å². The number of carboxylic acid groups (broad SMARTS) is 1. The van der Waals surface area contributed by atoms with Crippen LogP contribution in [0.4, 0.5) is 13.2 Å². The van der Waals surface area contributed by atoms with Crippen molar-refractivity contribution < 1.29 is 28.3 Å². The minimum Gasteiger partial charge on any atom is -0.481 e. The summed E-state index contributed by atoms with van der Waals surface area (Å²) in [7, 11) is 0. The lowest BCUT2D eigenvalue weighted by Gasteiger charge is -2.10. The number of halogens is 3. The van der Waals surface area contributed by atoms with Crippen LogP contribution in [0.3, 0.4) is 0 Å². The highest BCUT2D eigenvalue weighted by Crippen LogP contribution is 2.36. The number of hydrogen-bond donors (Lipinski definition) is 2. The van der Waals surface area contributed by atoms with E-state index in [2.05, 4.69) is 5.16 Å². The molecular formula is C26H25F3N2O3S. The maximum Gasteiger partial charge on any atom is 0.416 e. The number of nitrogens with zero attached hydrogens (tertiary/aromatic N) is 2. The molecule has 5 nitrogen and oxygen atoms in total. The molecule has 0 saturated carbocycles. The van der Waals surface area contributed by atoms with E-state index in [1.807, 2.05) is 26.0 Å². The van der Waals surface area contributed by atoms with Gasteiger partial charge in [0.1, 0.15) is 5.01 Å². The highest BCUT2D eigenvalue weighted by atomic mass is 32.1. The van der Waals surface area contributed by atoms with Crippen molar-refractivity contribution in [2.45, 2.75) is 57.5 Å². The third-order valence-corrected chi connectivity index (χ3v) is 7.48. The molecule has 1 aliphatic rings. The summed E-state index contributed by atoms with van der Waals surface area (Å²) in [6, 6.07) is 10.5. The fourth-order valence-corrected chi connectivity index (χ4v) is 5.66. The Morgan fingerprint density at radius 1 is 1.20 bits per heavy atom. The van der Waals surface area contributed by atoms with E-state index in [0.717, 1.165) is 33.8 Å². The van der Waals surface area contributed by atoms with Gasteiger partial charge in [0.2, 0.25) is 0 Å². The number of carboxylic acids is 1. The van der Waals surface area contributed by atoms with Crippen LogP contribution in [0.1, 0.15) is 71.3 Å². The Bertz CT molecular complexity index is 1260. The first kappa shape index (κ1) is 24.9. The smallest absolute Gasteiger partial charge is 0.416 e. The number of rotatable bonds is 7. The maximum absolute atomic E-state index is 12.9. The molecule has 0 aliphatic heterocycles. The molecule has 1 heterocycles. The summed E-state index contributed by atoms with van der Waals surface area (Å²) in [6.07, 6.45) is -2.18. The quantitative estimate of drug-likeness (QED) is 0.210. The molecule has 1 aromatic heterocycles. The van der Waals surface area contributed by atoms with E-state index in [-0.39, 0.29) is 5.92 Å². The largest absolute Gasteiger partial charge is 0.481 e. The summed E-state index contributed by atoms with van der Waals surface area (Å²) in [4.78, 5) is 17.2. The number of benzene rings is 2. The van der Waals surface area contributed by atoms with Crippen molar-refractivity contribution in [2.75, 3.05) is 0 Å². The van der Waals surface area contributed by atoms with Gasteiger partial charge >= 0.3 is 12.1 Å². The van der Waals surface area contributed by atoms with Gasteiger partial charge in [0.25, 0.3) is 0 Å². The Morgan fingerprint density at radius 3 is 2.51 bits per heavy atom. The fourth-order valence-electron chi connectivity index (χ4n) is 4.44. The number of hydrogen-bond acceptors (Lipinski definition) is 5. The van der Waals surface area contributed by atoms with E-state index in [9.17, 15) is 28.3 Å². The van der Waals surface area contributed by atoms with E-state index >= 15 is 0 Å². The normalized spacial score (nSPS) is 16.1. The number of alkyl halides is 3. The summed E-state index contributed by atoms with van der Waals surface area (Å²) in [5, 5.41) is 23.3. The standard InChI is InChI=1S/C26H25F3N2O3S/c1-14(2)23-22(35-24(30-23)16-5-8-18(9-6-16)26(27,28)29)12-11-21(31-34)17-4-3-15-7-10-19(25(32)33)20(15)13-17/h3-6,8-9,13-14,19,34H,7,10-12H2,1-2H3,(H,32,33)/b31-21-. The van der Waals surface area contributed by atoms with Gasteiger partial charge in [0.15, 0.2) is 0 Å². The molecule has 0 amide bonds. The molecule has 0 fully saturated rings. The molecule has 2 N–H and O–H groups in total. The van der Waals surface area contributed by atoms with E-state index in [0.29, 0.717) is 47.5 Å². The summed E-state index contributed by atoms with van der Waals surface area (Å²) in [5.41, 5.74) is 3.67. The summed E-state index contributed by atoms with van der Waals surface area (Å²) in [5.74, 6) is -1.30. The van der Waals surface area contributed by atoms with Gasteiger partial charge < -0.3 is 10.3 Å². The van der Waals surface area contributed by atoms with Gasteiger partial charge in [-0.25, -0.2) is 4.98 Å². The van der Waals surface area contributed by atoms with Crippen molar-refractivity contribution in [3.05, 3.63) is 75.3 Å². The van der Waals surface area contributed by atoms with Gasteiger partial charge in [-0.3, -0.25) is 4.79 Å². The average molecular weight is 503 g/mol. The monoisotopic (exact) mass is 502 g/mol. The van der Waals surface area contributed by atoms with Crippen molar-refractivity contribution in [1.29, 1.82) is 0 Å². The SMILES string of the molecule is CC(C)c1nc(-c2ccc(C(F)(F)F)cc2)sc1CC/C(=N/O)c1ccc2c(c1)C(C(=O)O)CC2. The summed E-state index contributed by atoms with van der Waals surface area (Å²) < 4.78 is 38.7. The summed E-state index contributed by atoms with van der Waals surface area (Å²) >= 11 is 1.42. The van der Waals surface area contributed by atoms with Gasteiger partial charge in [-0.2, -0.15) is 13.2 Å². The van der Waals surface area contributed by atoms with Gasteiger partial charge in [-0.05, 0) is 66.5 Å². The predicted molar refractivity (Wildman–Crippen MR) is 128 cm³/mol.